The van der Waals surface area contributed by atoms with Crippen LogP contribution in [-0.4, -0.2) is 83.7 Å². The highest BCUT2D eigenvalue weighted by Gasteiger charge is 2.47. The Balaban J connectivity index is 1.32. The number of ether oxygens (including phenoxy) is 1. The number of para-hydroxylation sites is 1. The van der Waals surface area contributed by atoms with Gasteiger partial charge in [0.2, 0.25) is 0 Å². The SMILES string of the molecule is OC[C@@H]1O[C@H](CN(Cc2ccc(F)cc2)Cc2ccc(F)cc2)[C@H](N2CCN(c3ccccc3)CC2)[C@@H]1O. The topological polar surface area (TPSA) is 59.4 Å². The van der Waals surface area contributed by atoms with Gasteiger partial charge in [-0.2, -0.15) is 0 Å². The third kappa shape index (κ3) is 6.39. The van der Waals surface area contributed by atoms with Crippen molar-refractivity contribution >= 4 is 5.69 Å². The Labute approximate surface area is 222 Å². The Hall–Kier alpha value is -2.88. The molecule has 2 aliphatic rings. The molecule has 0 bridgehead atoms. The zero-order chi connectivity index (χ0) is 26.5. The zero-order valence-corrected chi connectivity index (χ0v) is 21.4. The highest BCUT2D eigenvalue weighted by atomic mass is 19.1. The average molecular weight is 524 g/mol. The molecule has 38 heavy (non-hydrogen) atoms. The quantitative estimate of drug-likeness (QED) is 0.449. The Morgan fingerprint density at radius 1 is 0.763 bits per heavy atom. The second-order valence-electron chi connectivity index (χ2n) is 10.2. The third-order valence-corrected chi connectivity index (χ3v) is 7.58. The van der Waals surface area contributed by atoms with Crippen LogP contribution in [0, 0.1) is 11.6 Å². The molecular weight excluding hydrogens is 488 g/mol. The maximum absolute atomic E-state index is 13.5. The molecule has 0 aliphatic carbocycles. The summed E-state index contributed by atoms with van der Waals surface area (Å²) >= 11 is 0. The molecule has 8 heteroatoms. The molecule has 0 unspecified atom stereocenters. The van der Waals surface area contributed by atoms with Gasteiger partial charge in [-0.25, -0.2) is 8.78 Å². The first kappa shape index (κ1) is 26.7. The number of hydrogen-bond donors (Lipinski definition) is 2. The van der Waals surface area contributed by atoms with E-state index in [4.69, 9.17) is 4.74 Å². The summed E-state index contributed by atoms with van der Waals surface area (Å²) in [7, 11) is 0. The summed E-state index contributed by atoms with van der Waals surface area (Å²) in [5.74, 6) is -0.580. The van der Waals surface area contributed by atoms with Crippen molar-refractivity contribution in [3.05, 3.63) is 102 Å². The summed E-state index contributed by atoms with van der Waals surface area (Å²) in [5.41, 5.74) is 3.07. The van der Waals surface area contributed by atoms with Crippen LogP contribution in [0.15, 0.2) is 78.9 Å². The van der Waals surface area contributed by atoms with E-state index in [1.165, 1.54) is 30.0 Å². The Bertz CT molecular complexity index is 1090. The first-order chi connectivity index (χ1) is 18.5. The highest BCUT2D eigenvalue weighted by molar-refractivity contribution is 5.46. The lowest BCUT2D eigenvalue weighted by molar-refractivity contribution is -0.0325. The van der Waals surface area contributed by atoms with E-state index in [0.717, 1.165) is 37.3 Å². The van der Waals surface area contributed by atoms with E-state index < -0.39 is 12.2 Å². The zero-order valence-electron chi connectivity index (χ0n) is 21.4. The molecule has 202 valence electrons. The monoisotopic (exact) mass is 523 g/mol. The lowest BCUT2D eigenvalue weighted by Gasteiger charge is -2.42. The van der Waals surface area contributed by atoms with E-state index in [0.29, 0.717) is 19.6 Å². The number of anilines is 1. The molecule has 4 atom stereocenters. The Morgan fingerprint density at radius 2 is 1.32 bits per heavy atom. The number of aliphatic hydroxyl groups excluding tert-OH is 2. The van der Waals surface area contributed by atoms with Crippen molar-refractivity contribution in [2.45, 2.75) is 37.4 Å². The Morgan fingerprint density at radius 3 is 1.84 bits per heavy atom. The van der Waals surface area contributed by atoms with Crippen LogP contribution in [0.5, 0.6) is 0 Å². The molecule has 2 N–H and O–H groups in total. The summed E-state index contributed by atoms with van der Waals surface area (Å²) in [5, 5.41) is 21.1. The molecule has 3 aromatic rings. The predicted octanol–water partition coefficient (Wildman–Crippen LogP) is 3.28. The number of aliphatic hydroxyl groups is 2. The second-order valence-corrected chi connectivity index (χ2v) is 10.2. The molecule has 0 aromatic heterocycles. The lowest BCUT2D eigenvalue weighted by Crippen LogP contribution is -2.57. The number of nitrogens with zero attached hydrogens (tertiary/aromatic N) is 3. The molecule has 6 nitrogen and oxygen atoms in total. The van der Waals surface area contributed by atoms with Gasteiger partial charge in [0.05, 0.1) is 18.8 Å². The van der Waals surface area contributed by atoms with Crippen molar-refractivity contribution in [1.29, 1.82) is 0 Å². The van der Waals surface area contributed by atoms with Crippen molar-refractivity contribution in [3.63, 3.8) is 0 Å². The van der Waals surface area contributed by atoms with Gasteiger partial charge < -0.3 is 19.8 Å². The van der Waals surface area contributed by atoms with Gasteiger partial charge in [-0.15, -0.1) is 0 Å². The standard InChI is InChI=1S/C30H35F2N3O3/c31-24-10-6-22(7-11-24)18-33(19-23-8-12-25(32)13-9-23)20-27-29(30(37)28(21-36)38-27)35-16-14-34(15-17-35)26-4-2-1-3-5-26/h1-13,27-30,36-37H,14-21H2/t27-,28+,29+,30-/m1/s1. The molecule has 5 rings (SSSR count). The van der Waals surface area contributed by atoms with Gasteiger partial charge in [0.1, 0.15) is 23.8 Å². The molecule has 2 saturated heterocycles. The summed E-state index contributed by atoms with van der Waals surface area (Å²) in [4.78, 5) is 6.79. The van der Waals surface area contributed by atoms with Crippen LogP contribution in [0.4, 0.5) is 14.5 Å². The number of hydrogen-bond acceptors (Lipinski definition) is 6. The fourth-order valence-electron chi connectivity index (χ4n) is 5.63. The maximum atomic E-state index is 13.5. The molecule has 2 heterocycles. The number of benzene rings is 3. The van der Waals surface area contributed by atoms with Crippen molar-refractivity contribution in [1.82, 2.24) is 9.80 Å². The normalized spacial score (nSPS) is 24.3. The molecule has 2 fully saturated rings. The minimum Gasteiger partial charge on any atom is -0.394 e. The van der Waals surface area contributed by atoms with Crippen LogP contribution >= 0.6 is 0 Å². The number of piperazine rings is 1. The number of halogens is 2. The average Bonchev–Trinajstić information content (AvgIpc) is 3.26. The van der Waals surface area contributed by atoms with E-state index in [2.05, 4.69) is 26.8 Å². The van der Waals surface area contributed by atoms with Crippen LogP contribution in [0.25, 0.3) is 0 Å². The van der Waals surface area contributed by atoms with E-state index in [1.54, 1.807) is 24.3 Å². The van der Waals surface area contributed by atoms with Crippen LogP contribution < -0.4 is 4.90 Å². The van der Waals surface area contributed by atoms with E-state index in [1.807, 2.05) is 18.2 Å². The van der Waals surface area contributed by atoms with Gasteiger partial charge in [-0.3, -0.25) is 9.80 Å². The van der Waals surface area contributed by atoms with Gasteiger partial charge in [0.25, 0.3) is 0 Å². The first-order valence-electron chi connectivity index (χ1n) is 13.2. The van der Waals surface area contributed by atoms with E-state index >= 15 is 0 Å². The smallest absolute Gasteiger partial charge is 0.123 e. The van der Waals surface area contributed by atoms with Crippen LogP contribution in [0.2, 0.25) is 0 Å². The summed E-state index contributed by atoms with van der Waals surface area (Å²) in [6.45, 7) is 4.50. The van der Waals surface area contributed by atoms with Gasteiger partial charge in [0.15, 0.2) is 0 Å². The van der Waals surface area contributed by atoms with E-state index in [9.17, 15) is 19.0 Å². The fraction of sp³-hybridized carbons (Fsp3) is 0.400. The minimum absolute atomic E-state index is 0.256. The number of rotatable bonds is 9. The summed E-state index contributed by atoms with van der Waals surface area (Å²) in [6, 6.07) is 22.8. The van der Waals surface area contributed by atoms with Crippen molar-refractivity contribution < 1.29 is 23.7 Å². The van der Waals surface area contributed by atoms with Gasteiger partial charge in [0, 0.05) is 51.5 Å². The van der Waals surface area contributed by atoms with Crippen molar-refractivity contribution in [3.8, 4) is 0 Å². The van der Waals surface area contributed by atoms with Gasteiger partial charge in [-0.1, -0.05) is 42.5 Å². The largest absolute Gasteiger partial charge is 0.394 e. The molecule has 3 aromatic carbocycles. The van der Waals surface area contributed by atoms with Crippen LogP contribution in [0.3, 0.4) is 0 Å². The predicted molar refractivity (Wildman–Crippen MR) is 143 cm³/mol. The fourth-order valence-corrected chi connectivity index (χ4v) is 5.63. The molecule has 0 saturated carbocycles. The first-order valence-corrected chi connectivity index (χ1v) is 13.2. The van der Waals surface area contributed by atoms with Crippen molar-refractivity contribution in [2.24, 2.45) is 0 Å². The highest BCUT2D eigenvalue weighted by Crippen LogP contribution is 2.29. The molecule has 0 radical (unpaired) electrons. The van der Waals surface area contributed by atoms with E-state index in [-0.39, 0.29) is 30.4 Å². The molecular formula is C30H35F2N3O3. The third-order valence-electron chi connectivity index (χ3n) is 7.58. The second kappa shape index (κ2) is 12.3. The molecule has 2 aliphatic heterocycles. The van der Waals surface area contributed by atoms with Gasteiger partial charge in [-0.05, 0) is 47.5 Å². The summed E-state index contributed by atoms with van der Waals surface area (Å²) in [6.07, 6.45) is -1.81. The molecule has 0 amide bonds. The van der Waals surface area contributed by atoms with Crippen molar-refractivity contribution in [2.75, 3.05) is 44.2 Å². The minimum atomic E-state index is -0.813. The van der Waals surface area contributed by atoms with Crippen LogP contribution in [0.1, 0.15) is 11.1 Å². The van der Waals surface area contributed by atoms with Crippen LogP contribution in [-0.2, 0) is 17.8 Å². The summed E-state index contributed by atoms with van der Waals surface area (Å²) < 4.78 is 33.3. The lowest BCUT2D eigenvalue weighted by atomic mass is 10.0. The van der Waals surface area contributed by atoms with Gasteiger partial charge >= 0.3 is 0 Å². The molecule has 0 spiro atoms. The Kier molecular flexibility index (Phi) is 8.66. The maximum Gasteiger partial charge on any atom is 0.123 e.